The summed E-state index contributed by atoms with van der Waals surface area (Å²) in [5, 5.41) is 0.857. The maximum absolute atomic E-state index is 12.9. The second kappa shape index (κ2) is 7.46. The van der Waals surface area contributed by atoms with Gasteiger partial charge in [-0.1, -0.05) is 41.6 Å². The Morgan fingerprint density at radius 2 is 1.92 bits per heavy atom. The molecule has 3 rings (SSSR count). The summed E-state index contributed by atoms with van der Waals surface area (Å²) in [5.41, 5.74) is 3.36. The lowest BCUT2D eigenvalue weighted by Gasteiger charge is -2.16. The fraction of sp³-hybridized carbons (Fsp3) is 0.286. The van der Waals surface area contributed by atoms with Crippen LogP contribution in [0, 0.1) is 13.8 Å². The molecule has 0 bridgehead atoms. The van der Waals surface area contributed by atoms with Crippen LogP contribution >= 0.6 is 11.8 Å². The maximum atomic E-state index is 12.9. The van der Waals surface area contributed by atoms with Gasteiger partial charge in [-0.15, -0.1) is 0 Å². The Morgan fingerprint density at radius 3 is 2.65 bits per heavy atom. The van der Waals surface area contributed by atoms with Gasteiger partial charge in [-0.3, -0.25) is 14.2 Å². The highest BCUT2D eigenvalue weighted by Gasteiger charge is 2.21. The van der Waals surface area contributed by atoms with Crippen LogP contribution in [0.4, 0.5) is 0 Å². The molecule has 0 saturated heterocycles. The monoisotopic (exact) mass is 366 g/mol. The lowest BCUT2D eigenvalue weighted by molar-refractivity contribution is 0.0993. The third kappa shape index (κ3) is 3.44. The van der Waals surface area contributed by atoms with E-state index < -0.39 is 0 Å². The molecule has 0 fully saturated rings. The number of ketones is 1. The summed E-state index contributed by atoms with van der Waals surface area (Å²) in [5.74, 6) is 0.0567. The van der Waals surface area contributed by atoms with Crippen LogP contribution in [0.1, 0.15) is 35.3 Å². The van der Waals surface area contributed by atoms with Crippen molar-refractivity contribution in [1.82, 2.24) is 9.55 Å². The Hall–Kier alpha value is -2.40. The van der Waals surface area contributed by atoms with Gasteiger partial charge in [0.15, 0.2) is 10.9 Å². The zero-order valence-electron chi connectivity index (χ0n) is 15.4. The number of fused-ring (bicyclic) bond motifs is 1. The molecule has 1 heterocycles. The number of hydrogen-bond acceptors (Lipinski definition) is 4. The minimum atomic E-state index is -0.332. The molecule has 0 N–H and O–H groups in total. The summed E-state index contributed by atoms with van der Waals surface area (Å²) in [6, 6.07) is 13.2. The summed E-state index contributed by atoms with van der Waals surface area (Å²) in [7, 11) is 0. The minimum Gasteiger partial charge on any atom is -0.293 e. The first-order valence-corrected chi connectivity index (χ1v) is 9.58. The molecule has 26 heavy (non-hydrogen) atoms. The van der Waals surface area contributed by atoms with Gasteiger partial charge >= 0.3 is 0 Å². The third-order valence-corrected chi connectivity index (χ3v) is 5.54. The molecule has 0 aliphatic heterocycles. The van der Waals surface area contributed by atoms with Crippen molar-refractivity contribution in [2.75, 3.05) is 0 Å². The van der Waals surface area contributed by atoms with Crippen molar-refractivity contribution in [2.45, 2.75) is 44.6 Å². The Labute approximate surface area is 157 Å². The topological polar surface area (TPSA) is 52.0 Å². The van der Waals surface area contributed by atoms with Crippen LogP contribution in [0.5, 0.6) is 0 Å². The van der Waals surface area contributed by atoms with Crippen molar-refractivity contribution >= 4 is 28.4 Å². The zero-order chi connectivity index (χ0) is 18.8. The van der Waals surface area contributed by atoms with E-state index in [1.807, 2.05) is 64.1 Å². The van der Waals surface area contributed by atoms with E-state index in [0.717, 1.165) is 16.7 Å². The lowest BCUT2D eigenvalue weighted by atomic mass is 10.0. The van der Waals surface area contributed by atoms with Crippen molar-refractivity contribution < 1.29 is 4.79 Å². The first-order chi connectivity index (χ1) is 12.4. The number of para-hydroxylation sites is 1. The van der Waals surface area contributed by atoms with Crippen LogP contribution < -0.4 is 5.56 Å². The number of Topliss-reactive ketones (excluding diaryl/α,β-unsaturated/α-hetero) is 1. The summed E-state index contributed by atoms with van der Waals surface area (Å²) >= 11 is 1.34. The van der Waals surface area contributed by atoms with E-state index in [-0.39, 0.29) is 16.6 Å². The van der Waals surface area contributed by atoms with Gasteiger partial charge in [0.05, 0.1) is 16.2 Å². The van der Waals surface area contributed by atoms with Crippen molar-refractivity contribution in [3.63, 3.8) is 0 Å². The molecule has 0 spiro atoms. The molecule has 134 valence electrons. The van der Waals surface area contributed by atoms with E-state index in [4.69, 9.17) is 0 Å². The highest BCUT2D eigenvalue weighted by atomic mass is 32.2. The predicted molar refractivity (Wildman–Crippen MR) is 107 cm³/mol. The fourth-order valence-corrected chi connectivity index (χ4v) is 3.99. The second-order valence-electron chi connectivity index (χ2n) is 6.40. The number of aromatic nitrogens is 2. The average molecular weight is 366 g/mol. The number of hydrogen-bond donors (Lipinski definition) is 0. The Kier molecular flexibility index (Phi) is 5.28. The van der Waals surface area contributed by atoms with E-state index in [0.29, 0.717) is 22.6 Å². The van der Waals surface area contributed by atoms with Crippen molar-refractivity contribution in [2.24, 2.45) is 0 Å². The van der Waals surface area contributed by atoms with E-state index in [1.165, 1.54) is 11.8 Å². The first kappa shape index (κ1) is 18.4. The molecule has 4 nitrogen and oxygen atoms in total. The van der Waals surface area contributed by atoms with Gasteiger partial charge in [-0.05, 0) is 51.5 Å². The van der Waals surface area contributed by atoms with Gasteiger partial charge in [0.1, 0.15) is 0 Å². The van der Waals surface area contributed by atoms with E-state index in [2.05, 4.69) is 4.98 Å². The molecule has 3 aromatic rings. The van der Waals surface area contributed by atoms with Crippen LogP contribution in [0.25, 0.3) is 10.9 Å². The van der Waals surface area contributed by atoms with Crippen LogP contribution in [-0.4, -0.2) is 20.6 Å². The van der Waals surface area contributed by atoms with Gasteiger partial charge in [0.2, 0.25) is 0 Å². The number of thioether (sulfide) groups is 1. The quantitative estimate of drug-likeness (QED) is 0.382. The van der Waals surface area contributed by atoms with E-state index in [1.54, 1.807) is 10.6 Å². The fourth-order valence-electron chi connectivity index (χ4n) is 2.95. The minimum absolute atomic E-state index is 0.0567. The molecule has 5 heteroatoms. The summed E-state index contributed by atoms with van der Waals surface area (Å²) in [6.07, 6.45) is 0. The normalized spacial score (nSPS) is 12.3. The molecule has 2 aromatic carbocycles. The Bertz CT molecular complexity index is 1040. The molecule has 0 saturated carbocycles. The standard InChI is InChI=1S/C21H22N2O2S/c1-5-23-20(25)16-8-6-7-9-18(16)22-21(23)26-15(4)19(24)17-12-13(2)10-11-14(17)3/h6-12,15H,5H2,1-4H3/t15-/m1/s1. The first-order valence-electron chi connectivity index (χ1n) is 8.70. The Balaban J connectivity index is 1.99. The molecular formula is C21H22N2O2S. The number of aryl methyl sites for hydroxylation is 2. The van der Waals surface area contributed by atoms with Gasteiger partial charge in [-0.2, -0.15) is 0 Å². The molecular weight excluding hydrogens is 344 g/mol. The predicted octanol–water partition coefficient (Wildman–Crippen LogP) is 4.40. The number of benzene rings is 2. The summed E-state index contributed by atoms with van der Waals surface area (Å²) in [6.45, 7) is 8.23. The maximum Gasteiger partial charge on any atom is 0.262 e. The smallest absolute Gasteiger partial charge is 0.262 e. The molecule has 1 atom stereocenters. The number of carbonyl (C=O) groups is 1. The largest absolute Gasteiger partial charge is 0.293 e. The summed E-state index contributed by atoms with van der Waals surface area (Å²) < 4.78 is 1.64. The van der Waals surface area contributed by atoms with Crippen molar-refractivity contribution in [3.05, 3.63) is 69.5 Å². The Morgan fingerprint density at radius 1 is 1.19 bits per heavy atom. The highest BCUT2D eigenvalue weighted by molar-refractivity contribution is 8.00. The molecule has 0 aliphatic carbocycles. The number of rotatable bonds is 5. The van der Waals surface area contributed by atoms with E-state index >= 15 is 0 Å². The van der Waals surface area contributed by atoms with Crippen LogP contribution in [-0.2, 0) is 6.54 Å². The lowest BCUT2D eigenvalue weighted by Crippen LogP contribution is -2.24. The number of carbonyl (C=O) groups excluding carboxylic acids is 1. The highest BCUT2D eigenvalue weighted by Crippen LogP contribution is 2.26. The number of nitrogens with zero attached hydrogens (tertiary/aromatic N) is 2. The molecule has 0 aliphatic rings. The van der Waals surface area contributed by atoms with Gasteiger partial charge in [0.25, 0.3) is 5.56 Å². The van der Waals surface area contributed by atoms with Gasteiger partial charge < -0.3 is 0 Å². The van der Waals surface area contributed by atoms with Gasteiger partial charge in [-0.25, -0.2) is 4.98 Å². The van der Waals surface area contributed by atoms with Crippen molar-refractivity contribution in [1.29, 1.82) is 0 Å². The third-order valence-electron chi connectivity index (χ3n) is 4.45. The molecule has 0 amide bonds. The van der Waals surface area contributed by atoms with E-state index in [9.17, 15) is 9.59 Å². The van der Waals surface area contributed by atoms with Crippen molar-refractivity contribution in [3.8, 4) is 0 Å². The van der Waals surface area contributed by atoms with Crippen LogP contribution in [0.15, 0.2) is 52.4 Å². The molecule has 0 unspecified atom stereocenters. The zero-order valence-corrected chi connectivity index (χ0v) is 16.3. The molecule has 1 aromatic heterocycles. The van der Waals surface area contributed by atoms with Crippen LogP contribution in [0.3, 0.4) is 0 Å². The van der Waals surface area contributed by atoms with Gasteiger partial charge in [0, 0.05) is 12.1 Å². The average Bonchev–Trinajstić information content (AvgIpc) is 2.63. The van der Waals surface area contributed by atoms with Crippen LogP contribution in [0.2, 0.25) is 0 Å². The second-order valence-corrected chi connectivity index (χ2v) is 7.71. The SMILES string of the molecule is CCn1c(S[C@H](C)C(=O)c2cc(C)ccc2C)nc2ccccc2c1=O. The molecule has 0 radical (unpaired) electrons. The summed E-state index contributed by atoms with van der Waals surface area (Å²) in [4.78, 5) is 30.3.